The monoisotopic (exact) mass is 303 g/mol. The Balaban J connectivity index is 1.68. The van der Waals surface area contributed by atoms with Crippen LogP contribution in [-0.4, -0.2) is 28.4 Å². The molecule has 0 spiro atoms. The molecule has 7 nitrogen and oxygen atoms in total. The molecule has 3 rings (SSSR count). The molecule has 1 N–H and O–H groups in total. The number of nitrogens with one attached hydrogen (secondary N) is 1. The van der Waals surface area contributed by atoms with Crippen LogP contribution in [0.15, 0.2) is 35.3 Å². The van der Waals surface area contributed by atoms with Gasteiger partial charge in [0, 0.05) is 13.0 Å². The van der Waals surface area contributed by atoms with Crippen LogP contribution in [0.3, 0.4) is 0 Å². The third kappa shape index (κ3) is 3.32. The van der Waals surface area contributed by atoms with E-state index in [-0.39, 0.29) is 12.1 Å². The summed E-state index contributed by atoms with van der Waals surface area (Å²) in [5.74, 6) is -0.410. The second-order valence-electron chi connectivity index (χ2n) is 5.11. The number of ether oxygens (including phenoxy) is 1. The molecular formula is C15H17N3O4. The molecule has 1 atom stereocenters. The largest absolute Gasteiger partial charge is 0.350 e. The average Bonchev–Trinajstić information content (AvgIpc) is 2.56. The second-order valence-corrected chi connectivity index (χ2v) is 5.11. The van der Waals surface area contributed by atoms with Crippen molar-refractivity contribution in [2.45, 2.75) is 32.1 Å². The normalized spacial score (nSPS) is 18.3. The average molecular weight is 303 g/mol. The third-order valence-corrected chi connectivity index (χ3v) is 3.50. The second kappa shape index (κ2) is 6.67. The van der Waals surface area contributed by atoms with E-state index in [0.717, 1.165) is 19.3 Å². The molecule has 0 saturated carbocycles. The van der Waals surface area contributed by atoms with Gasteiger partial charge < -0.3 is 4.74 Å². The number of fused-ring (bicyclic) bond motifs is 1. The van der Waals surface area contributed by atoms with Crippen molar-refractivity contribution in [3.8, 4) is 0 Å². The molecule has 2 heterocycles. The zero-order valence-electron chi connectivity index (χ0n) is 12.0. The number of aromatic nitrogens is 2. The standard InChI is InChI=1S/C15H17N3O4/c19-13(17-22-15-7-3-4-8-21-15)10-18-12-6-2-1-5-11(12)16-9-14(18)20/h1-2,5-6,9,15H,3-4,7-8,10H2,(H,17,19). The van der Waals surface area contributed by atoms with Gasteiger partial charge in [-0.15, -0.1) is 0 Å². The van der Waals surface area contributed by atoms with E-state index in [9.17, 15) is 9.59 Å². The predicted molar refractivity (Wildman–Crippen MR) is 78.8 cm³/mol. The summed E-state index contributed by atoms with van der Waals surface area (Å²) in [5, 5.41) is 0. The number of carbonyl (C=O) groups is 1. The quantitative estimate of drug-likeness (QED) is 0.851. The minimum atomic E-state index is -0.413. The highest BCUT2D eigenvalue weighted by atomic mass is 16.8. The Labute approximate surface area is 126 Å². The Morgan fingerprint density at radius 3 is 3.09 bits per heavy atom. The summed E-state index contributed by atoms with van der Waals surface area (Å²) >= 11 is 0. The van der Waals surface area contributed by atoms with Crippen molar-refractivity contribution in [2.75, 3.05) is 6.61 Å². The fourth-order valence-electron chi connectivity index (χ4n) is 2.39. The molecule has 0 bridgehead atoms. The molecule has 7 heteroatoms. The summed E-state index contributed by atoms with van der Waals surface area (Å²) in [6, 6.07) is 7.16. The number of hydrogen-bond acceptors (Lipinski definition) is 5. The van der Waals surface area contributed by atoms with Crippen LogP contribution in [0.25, 0.3) is 11.0 Å². The van der Waals surface area contributed by atoms with Crippen LogP contribution >= 0.6 is 0 Å². The van der Waals surface area contributed by atoms with Crippen LogP contribution in [-0.2, 0) is 20.9 Å². The molecule has 1 unspecified atom stereocenters. The lowest BCUT2D eigenvalue weighted by atomic mass is 10.2. The molecule has 1 aliphatic heterocycles. The number of hydrogen-bond donors (Lipinski definition) is 1. The lowest BCUT2D eigenvalue weighted by molar-refractivity contribution is -0.200. The number of rotatable bonds is 4. The lowest BCUT2D eigenvalue weighted by Crippen LogP contribution is -2.36. The molecule has 0 aliphatic carbocycles. The molecular weight excluding hydrogens is 286 g/mol. The highest BCUT2D eigenvalue weighted by molar-refractivity contribution is 5.79. The molecule has 22 heavy (non-hydrogen) atoms. The van der Waals surface area contributed by atoms with Gasteiger partial charge in [-0.2, -0.15) is 0 Å². The van der Waals surface area contributed by atoms with Gasteiger partial charge in [0.25, 0.3) is 11.5 Å². The van der Waals surface area contributed by atoms with Crippen LogP contribution in [0.5, 0.6) is 0 Å². The van der Waals surface area contributed by atoms with Gasteiger partial charge in [0.15, 0.2) is 6.29 Å². The number of para-hydroxylation sites is 2. The molecule has 2 aromatic rings. The summed E-state index contributed by atoms with van der Waals surface area (Å²) in [4.78, 5) is 33.2. The molecule has 1 aromatic carbocycles. The van der Waals surface area contributed by atoms with Crippen LogP contribution in [0, 0.1) is 0 Å². The van der Waals surface area contributed by atoms with Crippen LogP contribution in [0.2, 0.25) is 0 Å². The Bertz CT molecular complexity index is 722. The Kier molecular flexibility index (Phi) is 4.45. The van der Waals surface area contributed by atoms with Crippen LogP contribution in [0.1, 0.15) is 19.3 Å². The van der Waals surface area contributed by atoms with Crippen molar-refractivity contribution in [3.63, 3.8) is 0 Å². The van der Waals surface area contributed by atoms with E-state index in [0.29, 0.717) is 17.6 Å². The summed E-state index contributed by atoms with van der Waals surface area (Å²) in [6.07, 6.45) is 3.56. The molecule has 1 aromatic heterocycles. The van der Waals surface area contributed by atoms with Crippen LogP contribution < -0.4 is 11.0 Å². The van der Waals surface area contributed by atoms with Gasteiger partial charge in [0.2, 0.25) is 0 Å². The topological polar surface area (TPSA) is 82.5 Å². The van der Waals surface area contributed by atoms with E-state index in [4.69, 9.17) is 9.57 Å². The SMILES string of the molecule is O=C(Cn1c(=O)cnc2ccccc21)NOC1CCCCO1. The fraction of sp³-hybridized carbons (Fsp3) is 0.400. The van der Waals surface area contributed by atoms with Crippen molar-refractivity contribution in [1.29, 1.82) is 0 Å². The maximum absolute atomic E-state index is 12.0. The Hall–Kier alpha value is -2.25. The number of carbonyl (C=O) groups excluding carboxylic acids is 1. The van der Waals surface area contributed by atoms with Crippen molar-refractivity contribution in [2.24, 2.45) is 0 Å². The molecule has 1 saturated heterocycles. The number of amides is 1. The highest BCUT2D eigenvalue weighted by Crippen LogP contribution is 2.12. The van der Waals surface area contributed by atoms with Crippen LogP contribution in [0.4, 0.5) is 0 Å². The summed E-state index contributed by atoms with van der Waals surface area (Å²) in [5.41, 5.74) is 3.29. The minimum absolute atomic E-state index is 0.130. The van der Waals surface area contributed by atoms with Gasteiger partial charge in [-0.05, 0) is 25.0 Å². The van der Waals surface area contributed by atoms with Gasteiger partial charge in [-0.1, -0.05) is 12.1 Å². The minimum Gasteiger partial charge on any atom is -0.350 e. The van der Waals surface area contributed by atoms with Crippen molar-refractivity contribution >= 4 is 16.9 Å². The molecule has 116 valence electrons. The zero-order valence-corrected chi connectivity index (χ0v) is 12.0. The van der Waals surface area contributed by atoms with Gasteiger partial charge in [-0.25, -0.2) is 15.3 Å². The smallest absolute Gasteiger partial charge is 0.269 e. The highest BCUT2D eigenvalue weighted by Gasteiger charge is 2.16. The molecule has 1 amide bonds. The first-order chi connectivity index (χ1) is 10.7. The van der Waals surface area contributed by atoms with Gasteiger partial charge in [-0.3, -0.25) is 14.2 Å². The fourth-order valence-corrected chi connectivity index (χ4v) is 2.39. The first kappa shape index (κ1) is 14.7. The van der Waals surface area contributed by atoms with Gasteiger partial charge >= 0.3 is 0 Å². The Morgan fingerprint density at radius 2 is 2.27 bits per heavy atom. The molecule has 1 aliphatic rings. The molecule has 1 fully saturated rings. The maximum Gasteiger partial charge on any atom is 0.269 e. The van der Waals surface area contributed by atoms with Gasteiger partial charge in [0.1, 0.15) is 6.54 Å². The van der Waals surface area contributed by atoms with E-state index in [2.05, 4.69) is 10.5 Å². The van der Waals surface area contributed by atoms with Crippen molar-refractivity contribution < 1.29 is 14.4 Å². The molecule has 0 radical (unpaired) electrons. The summed E-state index contributed by atoms with van der Waals surface area (Å²) < 4.78 is 6.72. The number of nitrogens with zero attached hydrogens (tertiary/aromatic N) is 2. The maximum atomic E-state index is 12.0. The van der Waals surface area contributed by atoms with E-state index < -0.39 is 12.2 Å². The van der Waals surface area contributed by atoms with E-state index >= 15 is 0 Å². The lowest BCUT2D eigenvalue weighted by Gasteiger charge is -2.22. The number of benzene rings is 1. The first-order valence-electron chi connectivity index (χ1n) is 7.25. The number of hydroxylamine groups is 1. The zero-order chi connectivity index (χ0) is 15.4. The summed E-state index contributed by atoms with van der Waals surface area (Å²) in [6.45, 7) is 0.504. The predicted octanol–water partition coefficient (Wildman–Crippen LogP) is 0.971. The van der Waals surface area contributed by atoms with E-state index in [1.165, 1.54) is 10.8 Å². The van der Waals surface area contributed by atoms with Crippen molar-refractivity contribution in [3.05, 3.63) is 40.8 Å². The Morgan fingerprint density at radius 1 is 1.41 bits per heavy atom. The van der Waals surface area contributed by atoms with E-state index in [1.807, 2.05) is 6.07 Å². The first-order valence-corrected chi connectivity index (χ1v) is 7.25. The third-order valence-electron chi connectivity index (χ3n) is 3.50. The van der Waals surface area contributed by atoms with E-state index in [1.54, 1.807) is 18.2 Å². The van der Waals surface area contributed by atoms with Gasteiger partial charge in [0.05, 0.1) is 17.2 Å². The van der Waals surface area contributed by atoms with Crippen molar-refractivity contribution in [1.82, 2.24) is 15.0 Å². The summed E-state index contributed by atoms with van der Waals surface area (Å²) in [7, 11) is 0.